The number of alkyl halides is 4. The van der Waals surface area contributed by atoms with Crippen LogP contribution in [0.1, 0.15) is 131 Å². The van der Waals surface area contributed by atoms with Crippen LogP contribution in [-0.4, -0.2) is 128 Å². The molecule has 0 unspecified atom stereocenters. The first-order valence-corrected chi connectivity index (χ1v) is 35.2. The predicted molar refractivity (Wildman–Crippen MR) is 400 cm³/mol. The summed E-state index contributed by atoms with van der Waals surface area (Å²) in [5, 5.41) is 49.6. The average Bonchev–Trinajstić information content (AvgIpc) is 1.65. The quantitative estimate of drug-likeness (QED) is 0.0302. The lowest BCUT2D eigenvalue weighted by atomic mass is 9.80. The highest BCUT2D eigenvalue weighted by Gasteiger charge is 2.39. The van der Waals surface area contributed by atoms with Crippen LogP contribution in [0, 0.1) is 14.5 Å². The lowest BCUT2D eigenvalue weighted by Gasteiger charge is -2.31. The number of nitrogens with zero attached hydrogens (tertiary/aromatic N) is 9. The number of primary amides is 4. The van der Waals surface area contributed by atoms with E-state index in [2.05, 4.69) is 48.3 Å². The number of carboxylic acid groups (broad SMARTS) is 1. The number of halogens is 13. The molecule has 0 spiro atoms. The molecule has 0 saturated heterocycles. The molecule has 37 heteroatoms. The van der Waals surface area contributed by atoms with Gasteiger partial charge >= 0.3 is 13.1 Å². The number of carbonyl (C=O) groups is 6. The zero-order chi connectivity index (χ0) is 75.6. The molecule has 12 N–H and O–H groups in total. The van der Waals surface area contributed by atoms with Crippen LogP contribution in [0.3, 0.4) is 0 Å². The summed E-state index contributed by atoms with van der Waals surface area (Å²) < 4.78 is 57.6. The highest BCUT2D eigenvalue weighted by molar-refractivity contribution is 14.1. The van der Waals surface area contributed by atoms with Gasteiger partial charge in [0.2, 0.25) is 12.3 Å². The summed E-state index contributed by atoms with van der Waals surface area (Å²) in [5.74, 6) is -3.88. The van der Waals surface area contributed by atoms with Crippen LogP contribution in [0.5, 0.6) is 0 Å². The van der Waals surface area contributed by atoms with Crippen molar-refractivity contribution in [3.8, 4) is 33.8 Å². The van der Waals surface area contributed by atoms with Gasteiger partial charge in [-0.3, -0.25) is 47.5 Å². The molecule has 0 fully saturated rings. The van der Waals surface area contributed by atoms with E-state index >= 15 is 0 Å². The van der Waals surface area contributed by atoms with E-state index in [-0.39, 0.29) is 31.9 Å². The summed E-state index contributed by atoms with van der Waals surface area (Å²) in [5.41, 5.74) is 27.4. The van der Waals surface area contributed by atoms with Gasteiger partial charge in [0.05, 0.1) is 105 Å². The Bertz CT molecular complexity index is 4340. The second kappa shape index (κ2) is 37.0. The van der Waals surface area contributed by atoms with Crippen molar-refractivity contribution in [1.29, 1.82) is 0 Å². The van der Waals surface area contributed by atoms with Crippen molar-refractivity contribution in [1.82, 2.24) is 49.3 Å². The number of nitrogens with two attached hydrogens (primary N) is 4. The second-order valence-electron chi connectivity index (χ2n) is 24.6. The number of carboxylic acids is 1. The summed E-state index contributed by atoms with van der Waals surface area (Å²) in [7, 11) is -1.50. The molecule has 4 aliphatic heterocycles. The van der Waals surface area contributed by atoms with Gasteiger partial charge in [0.1, 0.15) is 26.2 Å². The minimum atomic E-state index is -2.81. The number of nitrogens with one attached hydrogen (secondary N) is 1. The summed E-state index contributed by atoms with van der Waals surface area (Å²) >= 11 is 49.2. The Morgan fingerprint density at radius 2 is 0.913 bits per heavy atom. The number of hydrogen-bond acceptors (Lipinski definition) is 13. The van der Waals surface area contributed by atoms with Gasteiger partial charge in [0.15, 0.2) is 0 Å². The molecule has 103 heavy (non-hydrogen) atoms. The monoisotopic (exact) mass is 1700 g/mol. The van der Waals surface area contributed by atoms with E-state index in [1.807, 2.05) is 14.0 Å². The van der Waals surface area contributed by atoms with Gasteiger partial charge in [-0.1, -0.05) is 138 Å². The zero-order valence-electron chi connectivity index (χ0n) is 54.8. The largest absolute Gasteiger partial charge is 0.488 e. The topological polar surface area (TPSA) is 354 Å². The molecular formula is C66H72BCl8F4IN14O9. The van der Waals surface area contributed by atoms with Crippen LogP contribution >= 0.6 is 115 Å². The van der Waals surface area contributed by atoms with E-state index in [0.29, 0.717) is 117 Å². The van der Waals surface area contributed by atoms with E-state index in [1.165, 1.54) is 36.9 Å². The Kier molecular flexibility index (Phi) is 30.6. The highest BCUT2D eigenvalue weighted by Crippen LogP contribution is 2.37. The molecule has 12 rings (SSSR count). The molecule has 0 aliphatic carbocycles. The van der Waals surface area contributed by atoms with Crippen LogP contribution in [0.4, 0.5) is 17.6 Å². The van der Waals surface area contributed by atoms with E-state index in [4.69, 9.17) is 131 Å². The first kappa shape index (κ1) is 85.2. The first-order valence-electron chi connectivity index (χ1n) is 31.0. The Balaban J connectivity index is 0.000000202. The molecule has 8 heterocycles. The number of fused-ring (bicyclic) bond motifs is 4. The molecule has 4 aliphatic rings. The van der Waals surface area contributed by atoms with Crippen LogP contribution in [0.2, 0.25) is 40.2 Å². The third-order valence-electron chi connectivity index (χ3n) is 16.4. The fourth-order valence-electron chi connectivity index (χ4n) is 10.6. The maximum Gasteiger partial charge on any atom is 0.488 e. The molecule has 23 nitrogen and oxygen atoms in total. The Labute approximate surface area is 643 Å². The smallest absolute Gasteiger partial charge is 0.481 e. The van der Waals surface area contributed by atoms with Gasteiger partial charge in [-0.25, -0.2) is 17.6 Å². The van der Waals surface area contributed by atoms with Crippen LogP contribution in [0.15, 0.2) is 72.8 Å². The van der Waals surface area contributed by atoms with Crippen LogP contribution < -0.4 is 33.7 Å². The fourth-order valence-corrected chi connectivity index (χ4v) is 12.7. The summed E-state index contributed by atoms with van der Waals surface area (Å²) in [6.07, 6.45) is 0.399. The molecule has 0 atom stereocenters. The van der Waals surface area contributed by atoms with Crippen molar-refractivity contribution in [2.45, 2.75) is 132 Å². The maximum absolute atomic E-state index is 13.1. The zero-order valence-corrected chi connectivity index (χ0v) is 63.0. The van der Waals surface area contributed by atoms with Crippen molar-refractivity contribution in [3.63, 3.8) is 0 Å². The predicted octanol–water partition coefficient (Wildman–Crippen LogP) is 12.9. The molecule has 4 aromatic carbocycles. The molecule has 5 amide bonds. The van der Waals surface area contributed by atoms with Gasteiger partial charge in [-0.2, -0.15) is 20.4 Å². The van der Waals surface area contributed by atoms with Crippen molar-refractivity contribution in [3.05, 3.63) is 162 Å². The molecule has 0 radical (unpaired) electrons. The Morgan fingerprint density at radius 3 is 1.30 bits per heavy atom. The van der Waals surface area contributed by atoms with Crippen LogP contribution in [-0.2, 0) is 61.7 Å². The minimum absolute atomic E-state index is 0. The Morgan fingerprint density at radius 1 is 0.524 bits per heavy atom. The van der Waals surface area contributed by atoms with Crippen molar-refractivity contribution >= 4 is 163 Å². The van der Waals surface area contributed by atoms with Crippen LogP contribution in [0.25, 0.3) is 33.8 Å². The third kappa shape index (κ3) is 21.1. The number of carbonyl (C=O) groups excluding carboxylic acids is 5. The van der Waals surface area contributed by atoms with Crippen molar-refractivity contribution in [2.75, 3.05) is 13.1 Å². The molecule has 8 aromatic rings. The van der Waals surface area contributed by atoms with Gasteiger partial charge in [-0.15, -0.1) is 0 Å². The van der Waals surface area contributed by atoms with Gasteiger partial charge in [0, 0.05) is 61.2 Å². The summed E-state index contributed by atoms with van der Waals surface area (Å²) in [6, 6.07) is 19.6. The normalized spacial score (nSPS) is 13.5. The van der Waals surface area contributed by atoms with E-state index in [1.54, 1.807) is 59.3 Å². The molecule has 0 bridgehead atoms. The van der Waals surface area contributed by atoms with E-state index < -0.39 is 60.4 Å². The SMILES string of the molecule is C.CC(C)(C(=O)O)C(F)F.CC(C)(CC(=O)N1CCn2nc(-c3ccc(Cl)c(Cl)c3)c(C(N)=O)c2C1)C(F)F.NC(=O)c1c(-c2ccc(Cl)c(Cl)c2)nn2c1CCCC2.NC(=O)c1c(-c2ccc(Cl)c(Cl)c2)nn2c1CNCC2.NC(=O)c1c(I)nn2c1CCCC2.OB(O)c1ccc(Cl)c(Cl)c1. The molecule has 554 valence electrons. The Hall–Kier alpha value is -6.75. The lowest BCUT2D eigenvalue weighted by Crippen LogP contribution is -2.41. The lowest BCUT2D eigenvalue weighted by molar-refractivity contribution is -0.155. The minimum Gasteiger partial charge on any atom is -0.481 e. The molecular weight excluding hydrogens is 1630 g/mol. The average molecular weight is 1700 g/mol. The van der Waals surface area contributed by atoms with Gasteiger partial charge < -0.3 is 48.3 Å². The van der Waals surface area contributed by atoms with E-state index in [9.17, 15) is 46.3 Å². The number of aryl methyl sites for hydroxylation is 2. The van der Waals surface area contributed by atoms with Crippen molar-refractivity contribution < 1.29 is 61.5 Å². The maximum atomic E-state index is 13.1. The summed E-state index contributed by atoms with van der Waals surface area (Å²) in [6.45, 7) is 9.17. The molecule has 0 saturated carbocycles. The summed E-state index contributed by atoms with van der Waals surface area (Å²) in [4.78, 5) is 70.9. The van der Waals surface area contributed by atoms with E-state index in [0.717, 1.165) is 104 Å². The fraction of sp³-hybridized carbons (Fsp3) is 0.364. The third-order valence-corrected chi connectivity index (χ3v) is 20.1. The standard InChI is InChI=1S/C19H20Cl2F2N4O2.C14H13Cl2N3O.C13H12Cl2N4O.C8H10IN3O.C6H5BCl2O2.C5H8F2O2.CH4/c1-19(2,18(22)23)8-14(28)26-5-6-27-13(9-26)15(17(24)29)16(25-27)10-3-4-11(20)12(21)7-10;15-9-5-4-8(7-10(9)16)13-12(14(17)20)11-3-1-2-6-19(11)18-13;14-8-2-1-7(5-9(8)15)12-11(13(16)20)10-6-17-3-4-19(10)18-12;9-7-6(8(10)13)5-3-1-2-4-12(5)11-7;8-5-2-1-4(7(10)11)3-6(5)9;1-5(2,3(6)7)4(8)9;/h3-4,7,18H,5-6,8-9H2,1-2H3,(H2,24,29);4-5,7H,1-3,6H2,(H2,17,20);1-2,5,17H,3-4,6H2,(H2,16,20);1-4H2,(H2,10,13);1-3,10-11H;3H,1-2H3,(H,8,9);1H4. The number of hydrogen-bond donors (Lipinski definition) is 8. The van der Waals surface area contributed by atoms with Gasteiger partial charge in [-0.05, 0) is 129 Å². The number of amides is 5. The second-order valence-corrected chi connectivity index (χ2v) is 28.9. The number of aromatic nitrogens is 8. The van der Waals surface area contributed by atoms with Gasteiger partial charge in [0.25, 0.3) is 30.1 Å². The highest BCUT2D eigenvalue weighted by atomic mass is 127. The number of rotatable bonds is 13. The number of aliphatic carboxylic acids is 1. The molecule has 4 aromatic heterocycles. The number of benzene rings is 4. The first-order chi connectivity index (χ1) is 47.9. The van der Waals surface area contributed by atoms with Crippen molar-refractivity contribution in [2.24, 2.45) is 33.8 Å².